The average Bonchev–Trinajstić information content (AvgIpc) is 2.60. The van der Waals surface area contributed by atoms with Crippen molar-refractivity contribution < 1.29 is 5.11 Å². The quantitative estimate of drug-likeness (QED) is 0.674. The fourth-order valence-electron chi connectivity index (χ4n) is 1.11. The van der Waals surface area contributed by atoms with E-state index in [2.05, 4.69) is 71.0 Å². The molecule has 0 aromatic carbocycles. The maximum atomic E-state index is 8.29. The van der Waals surface area contributed by atoms with Crippen LogP contribution in [0, 0.1) is 71.0 Å². The smallest absolute Gasteiger partial charge is 0.104 e. The summed E-state index contributed by atoms with van der Waals surface area (Å²) >= 11 is 0. The zero-order valence-corrected chi connectivity index (χ0v) is 15.1. The topological polar surface area (TPSA) is 20.2 Å². The molecule has 0 amide bonds. The molecule has 24 heavy (non-hydrogen) atoms. The van der Waals surface area contributed by atoms with E-state index in [0.29, 0.717) is 25.7 Å². The molecule has 0 saturated heterocycles. The summed E-state index contributed by atoms with van der Waals surface area (Å²) in [4.78, 5) is 0. The zero-order chi connectivity index (χ0) is 18.1. The Morgan fingerprint density at radius 2 is 0.667 bits per heavy atom. The second-order valence-electron chi connectivity index (χ2n) is 4.05. The molecule has 0 saturated carbocycles. The van der Waals surface area contributed by atoms with E-state index in [-0.39, 0.29) is 6.61 Å². The fourth-order valence-corrected chi connectivity index (χ4v) is 1.11. The number of aliphatic hydroxyl groups excluding tert-OH is 1. The van der Waals surface area contributed by atoms with Crippen molar-refractivity contribution in [3.8, 4) is 71.0 Å². The zero-order valence-electron chi connectivity index (χ0n) is 15.1. The van der Waals surface area contributed by atoms with Crippen molar-refractivity contribution in [3.63, 3.8) is 0 Å². The lowest BCUT2D eigenvalue weighted by molar-refractivity contribution is 0.350. The van der Waals surface area contributed by atoms with Crippen LogP contribution in [0.3, 0.4) is 0 Å². The molecule has 0 aromatic rings. The molecule has 1 nitrogen and oxygen atoms in total. The van der Waals surface area contributed by atoms with Gasteiger partial charge >= 0.3 is 0 Å². The Hall–Kier alpha value is -2.68. The van der Waals surface area contributed by atoms with E-state index in [4.69, 9.17) is 5.11 Å². The molecule has 1 N–H and O–H groups in total. The van der Waals surface area contributed by atoms with E-state index >= 15 is 0 Å². The summed E-state index contributed by atoms with van der Waals surface area (Å²) in [5.41, 5.74) is 0. The molecular weight excluding hydrogens is 292 g/mol. The van der Waals surface area contributed by atoms with E-state index in [1.165, 1.54) is 0 Å². The van der Waals surface area contributed by atoms with Gasteiger partial charge in [0.2, 0.25) is 0 Å². The lowest BCUT2D eigenvalue weighted by Gasteiger charge is -1.72. The van der Waals surface area contributed by atoms with Crippen LogP contribution >= 0.6 is 0 Å². The van der Waals surface area contributed by atoms with E-state index in [1.807, 2.05) is 20.8 Å². The van der Waals surface area contributed by atoms with Gasteiger partial charge in [0.1, 0.15) is 6.61 Å². The first kappa shape index (κ1) is 23.6. The van der Waals surface area contributed by atoms with Gasteiger partial charge in [-0.05, 0) is 0 Å². The molecule has 0 bridgehead atoms. The summed E-state index contributed by atoms with van der Waals surface area (Å²) in [5.74, 6) is 34.5. The molecule has 0 atom stereocenters. The molecule has 0 radical (unpaired) electrons. The predicted octanol–water partition coefficient (Wildman–Crippen LogP) is 3.78. The summed E-state index contributed by atoms with van der Waals surface area (Å²) in [6, 6.07) is 0. The molecular formula is C23H26O. The number of hydrogen-bond donors (Lipinski definition) is 1. The van der Waals surface area contributed by atoms with Crippen molar-refractivity contribution in [3.05, 3.63) is 0 Å². The molecule has 0 unspecified atom stereocenters. The minimum atomic E-state index is -0.0860. The lowest BCUT2D eigenvalue weighted by atomic mass is 10.3. The number of hydrogen-bond acceptors (Lipinski definition) is 1. The van der Waals surface area contributed by atoms with Crippen LogP contribution < -0.4 is 0 Å². The molecule has 0 aliphatic heterocycles. The van der Waals surface area contributed by atoms with Gasteiger partial charge in [0.15, 0.2) is 0 Å². The SMILES string of the molecule is CCC#CCC#CCC#CCC.CCC#CCC#CCC#CCO. The largest absolute Gasteiger partial charge is 0.384 e. The third-order valence-electron chi connectivity index (χ3n) is 2.07. The summed E-state index contributed by atoms with van der Waals surface area (Å²) < 4.78 is 0. The van der Waals surface area contributed by atoms with Gasteiger partial charge in [-0.15, -0.1) is 17.8 Å². The highest BCUT2D eigenvalue weighted by atomic mass is 16.2. The van der Waals surface area contributed by atoms with Crippen molar-refractivity contribution in [1.82, 2.24) is 0 Å². The third kappa shape index (κ3) is 27.6. The van der Waals surface area contributed by atoms with Crippen molar-refractivity contribution >= 4 is 0 Å². The maximum Gasteiger partial charge on any atom is 0.104 e. The van der Waals surface area contributed by atoms with Gasteiger partial charge in [-0.3, -0.25) is 0 Å². The second-order valence-corrected chi connectivity index (χ2v) is 4.05. The molecule has 0 fully saturated rings. The van der Waals surface area contributed by atoms with Gasteiger partial charge in [0.05, 0.1) is 25.7 Å². The van der Waals surface area contributed by atoms with Gasteiger partial charge in [-0.25, -0.2) is 0 Å². The molecule has 0 aliphatic carbocycles. The van der Waals surface area contributed by atoms with Crippen LogP contribution in [0.5, 0.6) is 0 Å². The normalized spacial score (nSPS) is 6.50. The van der Waals surface area contributed by atoms with Gasteiger partial charge in [0.25, 0.3) is 0 Å². The molecule has 0 aromatic heterocycles. The van der Waals surface area contributed by atoms with Crippen LogP contribution in [0.1, 0.15) is 65.7 Å². The first-order chi connectivity index (χ1) is 11.8. The highest BCUT2D eigenvalue weighted by Crippen LogP contribution is 1.77. The van der Waals surface area contributed by atoms with E-state index < -0.39 is 0 Å². The highest BCUT2D eigenvalue weighted by Gasteiger charge is 1.68. The van der Waals surface area contributed by atoms with Gasteiger partial charge < -0.3 is 5.11 Å². The average molecular weight is 318 g/mol. The van der Waals surface area contributed by atoms with Crippen LogP contribution in [0.25, 0.3) is 0 Å². The maximum absolute atomic E-state index is 8.29. The molecule has 1 heteroatoms. The van der Waals surface area contributed by atoms with Crippen LogP contribution in [0.15, 0.2) is 0 Å². The third-order valence-corrected chi connectivity index (χ3v) is 2.07. The molecule has 0 heterocycles. The lowest BCUT2D eigenvalue weighted by Crippen LogP contribution is -1.70. The van der Waals surface area contributed by atoms with Gasteiger partial charge in [-0.1, -0.05) is 74.1 Å². The van der Waals surface area contributed by atoms with Gasteiger partial charge in [-0.2, -0.15) is 0 Å². The second kappa shape index (κ2) is 25.3. The number of rotatable bonds is 0. The van der Waals surface area contributed by atoms with Crippen molar-refractivity contribution in [1.29, 1.82) is 0 Å². The first-order valence-electron chi connectivity index (χ1n) is 8.18. The fraction of sp³-hybridized carbons (Fsp3) is 0.478. The summed E-state index contributed by atoms with van der Waals surface area (Å²) in [6.45, 7) is 5.99. The van der Waals surface area contributed by atoms with Crippen molar-refractivity contribution in [2.45, 2.75) is 65.7 Å². The Labute approximate surface area is 149 Å². The van der Waals surface area contributed by atoms with E-state index in [0.717, 1.165) is 19.3 Å². The Balaban J connectivity index is 0. The van der Waals surface area contributed by atoms with Crippen LogP contribution in [-0.4, -0.2) is 11.7 Å². The summed E-state index contributed by atoms with van der Waals surface area (Å²) in [7, 11) is 0. The highest BCUT2D eigenvalue weighted by molar-refractivity contribution is 5.16. The van der Waals surface area contributed by atoms with Crippen LogP contribution in [0.4, 0.5) is 0 Å². The first-order valence-corrected chi connectivity index (χ1v) is 8.18. The van der Waals surface area contributed by atoms with Crippen molar-refractivity contribution in [2.24, 2.45) is 0 Å². The monoisotopic (exact) mass is 318 g/mol. The Morgan fingerprint density at radius 1 is 0.417 bits per heavy atom. The Bertz CT molecular complexity index is 541. The Kier molecular flexibility index (Phi) is 24.8. The van der Waals surface area contributed by atoms with Gasteiger partial charge in [0, 0.05) is 19.3 Å². The summed E-state index contributed by atoms with van der Waals surface area (Å²) in [5, 5.41) is 8.29. The van der Waals surface area contributed by atoms with E-state index in [9.17, 15) is 0 Å². The summed E-state index contributed by atoms with van der Waals surface area (Å²) in [6.07, 6.45) is 5.22. The number of aliphatic hydroxyl groups is 1. The van der Waals surface area contributed by atoms with Crippen LogP contribution in [-0.2, 0) is 0 Å². The minimum Gasteiger partial charge on any atom is -0.384 e. The molecule has 0 aliphatic rings. The minimum absolute atomic E-state index is 0.0860. The van der Waals surface area contributed by atoms with Crippen LogP contribution in [0.2, 0.25) is 0 Å². The standard InChI is InChI=1S/C12H14.C11H12O/c1-3-5-7-9-11-12-10-8-6-4-2;1-2-3-4-5-6-7-8-9-10-11-12/h3-4,9-10H2,1-2H3;12H,2,5,8,11H2,1H3. The molecule has 0 rings (SSSR count). The molecule has 0 spiro atoms. The predicted molar refractivity (Wildman–Crippen MR) is 103 cm³/mol. The van der Waals surface area contributed by atoms with E-state index in [1.54, 1.807) is 0 Å². The molecule has 124 valence electrons. The Morgan fingerprint density at radius 3 is 0.917 bits per heavy atom. The van der Waals surface area contributed by atoms with Crippen molar-refractivity contribution in [2.75, 3.05) is 6.61 Å².